The Morgan fingerprint density at radius 3 is 2.90 bits per heavy atom. The van der Waals surface area contributed by atoms with E-state index in [2.05, 4.69) is 33.1 Å². The van der Waals surface area contributed by atoms with Crippen LogP contribution in [0.25, 0.3) is 0 Å². The molecule has 0 aliphatic carbocycles. The number of benzene rings is 1. The molecule has 1 amide bonds. The summed E-state index contributed by atoms with van der Waals surface area (Å²) in [5.41, 5.74) is 2.98. The Balaban J connectivity index is 2.26. The molecule has 1 aromatic heterocycles. The van der Waals surface area contributed by atoms with Crippen LogP contribution < -0.4 is 5.32 Å². The summed E-state index contributed by atoms with van der Waals surface area (Å²) in [4.78, 5) is 12.1. The van der Waals surface area contributed by atoms with Crippen molar-refractivity contribution >= 4 is 38.9 Å². The molecule has 0 unspecified atom stereocenters. The summed E-state index contributed by atoms with van der Waals surface area (Å²) in [5, 5.41) is 13.4. The average Bonchev–Trinajstić information content (AvgIpc) is 2.85. The molecule has 0 fully saturated rings. The SMILES string of the molecule is Cc1ccc(NC(=O)c2csc(Br)c2)c(C#CCO)c1. The van der Waals surface area contributed by atoms with E-state index in [1.807, 2.05) is 25.1 Å². The van der Waals surface area contributed by atoms with Gasteiger partial charge in [0.25, 0.3) is 5.91 Å². The molecule has 3 nitrogen and oxygen atoms in total. The lowest BCUT2D eigenvalue weighted by Gasteiger charge is -2.07. The molecule has 0 radical (unpaired) electrons. The summed E-state index contributed by atoms with van der Waals surface area (Å²) in [7, 11) is 0. The highest BCUT2D eigenvalue weighted by Crippen LogP contribution is 2.22. The van der Waals surface area contributed by atoms with Crippen LogP contribution in [-0.2, 0) is 0 Å². The van der Waals surface area contributed by atoms with Gasteiger partial charge in [-0.25, -0.2) is 0 Å². The molecule has 2 rings (SSSR count). The number of carbonyl (C=O) groups is 1. The second-order valence-corrected chi connectivity index (χ2v) is 6.39. The van der Waals surface area contributed by atoms with E-state index >= 15 is 0 Å². The van der Waals surface area contributed by atoms with Gasteiger partial charge in [-0.15, -0.1) is 11.3 Å². The number of hydrogen-bond acceptors (Lipinski definition) is 3. The van der Waals surface area contributed by atoms with Gasteiger partial charge in [-0.1, -0.05) is 17.9 Å². The molecule has 1 heterocycles. The molecule has 20 heavy (non-hydrogen) atoms. The van der Waals surface area contributed by atoms with Crippen molar-refractivity contribution in [3.63, 3.8) is 0 Å². The van der Waals surface area contributed by atoms with E-state index in [1.54, 1.807) is 11.4 Å². The topological polar surface area (TPSA) is 49.3 Å². The minimum atomic E-state index is -0.210. The van der Waals surface area contributed by atoms with Gasteiger partial charge >= 0.3 is 0 Å². The Labute approximate surface area is 129 Å². The fraction of sp³-hybridized carbons (Fsp3) is 0.133. The molecular formula is C15H12BrNO2S. The number of rotatable bonds is 2. The van der Waals surface area contributed by atoms with E-state index < -0.39 is 0 Å². The van der Waals surface area contributed by atoms with E-state index in [1.165, 1.54) is 11.3 Å². The summed E-state index contributed by atoms with van der Waals surface area (Å²) >= 11 is 4.79. The summed E-state index contributed by atoms with van der Waals surface area (Å²) in [6, 6.07) is 7.37. The molecule has 2 aromatic rings. The number of aliphatic hydroxyl groups excluding tert-OH is 1. The zero-order valence-corrected chi connectivity index (χ0v) is 13.1. The minimum absolute atomic E-state index is 0.178. The van der Waals surface area contributed by atoms with Crippen molar-refractivity contribution in [1.82, 2.24) is 0 Å². The fourth-order valence-corrected chi connectivity index (χ4v) is 2.77. The van der Waals surface area contributed by atoms with Crippen molar-refractivity contribution in [3.05, 3.63) is 50.1 Å². The van der Waals surface area contributed by atoms with Crippen LogP contribution in [0.1, 0.15) is 21.5 Å². The molecule has 2 N–H and O–H groups in total. The Hall–Kier alpha value is -1.61. The summed E-state index contributed by atoms with van der Waals surface area (Å²) in [6.07, 6.45) is 0. The lowest BCUT2D eigenvalue weighted by molar-refractivity contribution is 0.102. The molecule has 0 saturated heterocycles. The van der Waals surface area contributed by atoms with Crippen LogP contribution >= 0.6 is 27.3 Å². The number of halogens is 1. The van der Waals surface area contributed by atoms with Crippen molar-refractivity contribution in [1.29, 1.82) is 0 Å². The second kappa shape index (κ2) is 6.71. The predicted molar refractivity (Wildman–Crippen MR) is 85.1 cm³/mol. The van der Waals surface area contributed by atoms with Crippen LogP contribution in [0.2, 0.25) is 0 Å². The molecule has 0 spiro atoms. The first-order chi connectivity index (χ1) is 9.60. The van der Waals surface area contributed by atoms with Gasteiger partial charge in [0.05, 0.1) is 15.0 Å². The predicted octanol–water partition coefficient (Wildman–Crippen LogP) is 3.42. The van der Waals surface area contributed by atoms with E-state index in [9.17, 15) is 4.79 Å². The smallest absolute Gasteiger partial charge is 0.256 e. The first-order valence-corrected chi connectivity index (χ1v) is 7.53. The zero-order chi connectivity index (χ0) is 14.5. The molecule has 0 aliphatic rings. The Morgan fingerprint density at radius 2 is 2.25 bits per heavy atom. The molecular weight excluding hydrogens is 338 g/mol. The normalized spacial score (nSPS) is 9.75. The van der Waals surface area contributed by atoms with Crippen molar-refractivity contribution in [2.45, 2.75) is 6.92 Å². The Kier molecular flexibility index (Phi) is 4.96. The quantitative estimate of drug-likeness (QED) is 0.816. The molecule has 5 heteroatoms. The second-order valence-electron chi connectivity index (χ2n) is 4.10. The van der Waals surface area contributed by atoms with Crippen molar-refractivity contribution in [3.8, 4) is 11.8 Å². The third-order valence-corrected chi connectivity index (χ3v) is 4.06. The van der Waals surface area contributed by atoms with Gasteiger partial charge in [0.15, 0.2) is 0 Å². The van der Waals surface area contributed by atoms with E-state index in [0.717, 1.165) is 9.35 Å². The largest absolute Gasteiger partial charge is 0.384 e. The molecule has 0 aliphatic heterocycles. The highest BCUT2D eigenvalue weighted by atomic mass is 79.9. The number of hydrogen-bond donors (Lipinski definition) is 2. The summed E-state index contributed by atoms with van der Waals surface area (Å²) in [6.45, 7) is 1.74. The van der Waals surface area contributed by atoms with Crippen LogP contribution in [0, 0.1) is 18.8 Å². The molecule has 0 atom stereocenters. The van der Waals surface area contributed by atoms with Crippen LogP contribution in [-0.4, -0.2) is 17.6 Å². The number of aryl methyl sites for hydroxylation is 1. The van der Waals surface area contributed by atoms with Crippen LogP contribution in [0.3, 0.4) is 0 Å². The van der Waals surface area contributed by atoms with Crippen LogP contribution in [0.15, 0.2) is 33.4 Å². The van der Waals surface area contributed by atoms with Gasteiger partial charge in [-0.2, -0.15) is 0 Å². The number of aliphatic hydroxyl groups is 1. The van der Waals surface area contributed by atoms with Gasteiger partial charge < -0.3 is 10.4 Å². The molecule has 102 valence electrons. The van der Waals surface area contributed by atoms with E-state index in [-0.39, 0.29) is 12.5 Å². The molecule has 1 aromatic carbocycles. The summed E-state index contributed by atoms with van der Waals surface area (Å²) in [5.74, 6) is 5.26. The van der Waals surface area contributed by atoms with E-state index in [0.29, 0.717) is 16.8 Å². The first-order valence-electron chi connectivity index (χ1n) is 5.86. The highest BCUT2D eigenvalue weighted by molar-refractivity contribution is 9.11. The zero-order valence-electron chi connectivity index (χ0n) is 10.7. The monoisotopic (exact) mass is 349 g/mol. The van der Waals surface area contributed by atoms with Crippen molar-refractivity contribution in [2.24, 2.45) is 0 Å². The number of thiophene rings is 1. The van der Waals surface area contributed by atoms with Gasteiger partial charge in [-0.3, -0.25) is 4.79 Å². The van der Waals surface area contributed by atoms with Gasteiger partial charge in [0.1, 0.15) is 6.61 Å². The van der Waals surface area contributed by atoms with Crippen molar-refractivity contribution < 1.29 is 9.90 Å². The average molecular weight is 350 g/mol. The fourth-order valence-electron chi connectivity index (χ4n) is 1.63. The number of amides is 1. The van der Waals surface area contributed by atoms with Gasteiger partial charge in [-0.05, 0) is 46.6 Å². The maximum absolute atomic E-state index is 12.1. The molecule has 0 saturated carbocycles. The van der Waals surface area contributed by atoms with E-state index in [4.69, 9.17) is 5.11 Å². The number of anilines is 1. The van der Waals surface area contributed by atoms with Gasteiger partial charge in [0.2, 0.25) is 0 Å². The lowest BCUT2D eigenvalue weighted by atomic mass is 10.1. The maximum atomic E-state index is 12.1. The number of carbonyl (C=O) groups excluding carboxylic acids is 1. The van der Waals surface area contributed by atoms with Crippen LogP contribution in [0.4, 0.5) is 5.69 Å². The van der Waals surface area contributed by atoms with Gasteiger partial charge in [0, 0.05) is 10.9 Å². The van der Waals surface area contributed by atoms with Crippen LogP contribution in [0.5, 0.6) is 0 Å². The highest BCUT2D eigenvalue weighted by Gasteiger charge is 2.10. The minimum Gasteiger partial charge on any atom is -0.384 e. The first kappa shape index (κ1) is 14.8. The number of nitrogens with one attached hydrogen (secondary N) is 1. The van der Waals surface area contributed by atoms with Crippen molar-refractivity contribution in [2.75, 3.05) is 11.9 Å². The maximum Gasteiger partial charge on any atom is 0.256 e. The third-order valence-electron chi connectivity index (χ3n) is 2.56. The Morgan fingerprint density at radius 1 is 1.45 bits per heavy atom. The Bertz CT molecular complexity index is 697. The third kappa shape index (κ3) is 3.70. The summed E-state index contributed by atoms with van der Waals surface area (Å²) < 4.78 is 0.909. The lowest BCUT2D eigenvalue weighted by Crippen LogP contribution is -2.12. The molecule has 0 bridgehead atoms. The standard InChI is InChI=1S/C15H12BrNO2S/c1-10-4-5-13(11(7-10)3-2-6-18)17-15(19)12-8-14(16)20-9-12/h4-5,7-9,18H,6H2,1H3,(H,17,19).